The molecule has 0 spiro atoms. The van der Waals surface area contributed by atoms with Gasteiger partial charge in [-0.1, -0.05) is 21.9 Å². The van der Waals surface area contributed by atoms with E-state index >= 15 is 0 Å². The lowest BCUT2D eigenvalue weighted by molar-refractivity contribution is -0.122. The van der Waals surface area contributed by atoms with Crippen molar-refractivity contribution in [1.29, 1.82) is 0 Å². The van der Waals surface area contributed by atoms with E-state index in [1.807, 2.05) is 19.1 Å². The maximum Gasteiger partial charge on any atom is 0.335 e. The Balaban J connectivity index is 1.93. The van der Waals surface area contributed by atoms with Crippen LogP contribution in [0, 0.1) is 12.3 Å². The quantitative estimate of drug-likeness (QED) is 0.471. The number of halogens is 1. The number of amidine groups is 1. The molecule has 1 aliphatic rings. The van der Waals surface area contributed by atoms with Crippen LogP contribution in [-0.4, -0.2) is 40.2 Å². The zero-order chi connectivity index (χ0) is 21.7. The summed E-state index contributed by atoms with van der Waals surface area (Å²) in [5.74, 6) is 1.85. The fraction of sp³-hybridized carbons (Fsp3) is 0.136. The number of thioether (sulfide) groups is 1. The number of nitrogens with zero attached hydrogens (tertiary/aromatic N) is 2. The highest BCUT2D eigenvalue weighted by Crippen LogP contribution is 2.36. The van der Waals surface area contributed by atoms with E-state index in [-0.39, 0.29) is 18.1 Å². The number of likely N-dealkylation sites (N-methyl/N-ethyl adjacent to an activating group) is 1. The second-order valence-corrected chi connectivity index (χ2v) is 8.01. The Morgan fingerprint density at radius 1 is 1.33 bits per heavy atom. The van der Waals surface area contributed by atoms with Crippen molar-refractivity contribution in [3.8, 4) is 18.1 Å². The van der Waals surface area contributed by atoms with Gasteiger partial charge < -0.3 is 9.84 Å². The highest BCUT2D eigenvalue weighted by Gasteiger charge is 2.32. The SMILES string of the molecule is C#CCOc1ccc(Br)cc1C=C1SC(=Nc2ccc(C(=O)O)cc2)N(CC)C1=O. The Hall–Kier alpha value is -3.02. The molecule has 0 unspecified atom stereocenters. The van der Waals surface area contributed by atoms with Crippen LogP contribution in [0.15, 0.2) is 56.8 Å². The molecule has 0 atom stereocenters. The Morgan fingerprint density at radius 2 is 2.07 bits per heavy atom. The third-order valence-electron chi connectivity index (χ3n) is 4.11. The first kappa shape index (κ1) is 21.7. The number of carbonyl (C=O) groups is 2. The van der Waals surface area contributed by atoms with Crippen LogP contribution in [-0.2, 0) is 4.79 Å². The van der Waals surface area contributed by atoms with Gasteiger partial charge in [-0.25, -0.2) is 9.79 Å². The summed E-state index contributed by atoms with van der Waals surface area (Å²) in [6, 6.07) is 11.6. The van der Waals surface area contributed by atoms with Gasteiger partial charge in [-0.3, -0.25) is 9.69 Å². The summed E-state index contributed by atoms with van der Waals surface area (Å²) in [5, 5.41) is 9.55. The maximum absolute atomic E-state index is 12.9. The fourth-order valence-corrected chi connectivity index (χ4v) is 4.12. The van der Waals surface area contributed by atoms with E-state index in [2.05, 4.69) is 26.8 Å². The third-order valence-corrected chi connectivity index (χ3v) is 5.61. The van der Waals surface area contributed by atoms with Gasteiger partial charge in [-0.15, -0.1) is 6.42 Å². The van der Waals surface area contributed by atoms with Gasteiger partial charge >= 0.3 is 5.97 Å². The van der Waals surface area contributed by atoms with Gasteiger partial charge in [0.1, 0.15) is 12.4 Å². The number of hydrogen-bond acceptors (Lipinski definition) is 5. The van der Waals surface area contributed by atoms with Crippen molar-refractivity contribution in [2.75, 3.05) is 13.2 Å². The van der Waals surface area contributed by atoms with Crippen LogP contribution in [0.5, 0.6) is 5.75 Å². The summed E-state index contributed by atoms with van der Waals surface area (Å²) < 4.78 is 6.42. The molecule has 1 heterocycles. The van der Waals surface area contributed by atoms with E-state index in [0.717, 1.165) is 10.0 Å². The molecular formula is C22H17BrN2O4S. The second-order valence-electron chi connectivity index (χ2n) is 6.08. The van der Waals surface area contributed by atoms with Gasteiger partial charge in [0.15, 0.2) is 5.17 Å². The van der Waals surface area contributed by atoms with Crippen molar-refractivity contribution in [1.82, 2.24) is 4.90 Å². The molecule has 30 heavy (non-hydrogen) atoms. The molecule has 1 amide bonds. The lowest BCUT2D eigenvalue weighted by Crippen LogP contribution is -2.28. The monoisotopic (exact) mass is 484 g/mol. The molecule has 152 valence electrons. The van der Waals surface area contributed by atoms with Crippen LogP contribution in [0.4, 0.5) is 5.69 Å². The van der Waals surface area contributed by atoms with Crippen LogP contribution in [0.3, 0.4) is 0 Å². The number of carboxylic acid groups (broad SMARTS) is 1. The normalized spacial score (nSPS) is 16.2. The molecule has 1 saturated heterocycles. The summed E-state index contributed by atoms with van der Waals surface area (Å²) >= 11 is 4.68. The number of hydrogen-bond donors (Lipinski definition) is 1. The summed E-state index contributed by atoms with van der Waals surface area (Å²) in [5.41, 5.74) is 1.46. The van der Waals surface area contributed by atoms with Crippen LogP contribution < -0.4 is 4.74 Å². The van der Waals surface area contributed by atoms with Crippen molar-refractivity contribution in [2.45, 2.75) is 6.92 Å². The summed E-state index contributed by atoms with van der Waals surface area (Å²) in [6.45, 7) is 2.44. The molecule has 0 radical (unpaired) electrons. The average molecular weight is 485 g/mol. The van der Waals surface area contributed by atoms with Crippen LogP contribution >= 0.6 is 27.7 Å². The molecule has 2 aromatic rings. The van der Waals surface area contributed by atoms with Crippen molar-refractivity contribution in [3.63, 3.8) is 0 Å². The van der Waals surface area contributed by atoms with E-state index in [1.165, 1.54) is 23.9 Å². The second kappa shape index (κ2) is 9.65. The number of ether oxygens (including phenoxy) is 1. The summed E-state index contributed by atoms with van der Waals surface area (Å²) in [4.78, 5) is 30.5. The van der Waals surface area contributed by atoms with Gasteiger partial charge in [0, 0.05) is 16.6 Å². The van der Waals surface area contributed by atoms with Gasteiger partial charge in [-0.2, -0.15) is 0 Å². The van der Waals surface area contributed by atoms with Crippen molar-refractivity contribution in [2.24, 2.45) is 4.99 Å². The zero-order valence-electron chi connectivity index (χ0n) is 16.0. The van der Waals surface area contributed by atoms with Crippen LogP contribution in [0.25, 0.3) is 6.08 Å². The molecule has 2 aromatic carbocycles. The molecule has 0 bridgehead atoms. The Kier molecular flexibility index (Phi) is 6.98. The Labute approximate surface area is 186 Å². The first-order valence-electron chi connectivity index (χ1n) is 8.92. The fourth-order valence-electron chi connectivity index (χ4n) is 2.68. The smallest absolute Gasteiger partial charge is 0.335 e. The molecule has 3 rings (SSSR count). The lowest BCUT2D eigenvalue weighted by Gasteiger charge is -2.12. The Morgan fingerprint density at radius 3 is 2.70 bits per heavy atom. The third kappa shape index (κ3) is 4.93. The number of carboxylic acids is 1. The minimum atomic E-state index is -1.00. The van der Waals surface area contributed by atoms with Gasteiger partial charge in [0.05, 0.1) is 16.2 Å². The molecule has 1 aliphatic heterocycles. The number of carbonyl (C=O) groups excluding carboxylic acids is 1. The molecular weight excluding hydrogens is 468 g/mol. The maximum atomic E-state index is 12.9. The van der Waals surface area contributed by atoms with Gasteiger partial charge in [0.2, 0.25) is 0 Å². The van der Waals surface area contributed by atoms with E-state index in [4.69, 9.17) is 16.3 Å². The van der Waals surface area contributed by atoms with Crippen molar-refractivity contribution >= 4 is 56.5 Å². The van der Waals surface area contributed by atoms with Crippen molar-refractivity contribution < 1.29 is 19.4 Å². The molecule has 6 nitrogen and oxygen atoms in total. The topological polar surface area (TPSA) is 79.2 Å². The highest BCUT2D eigenvalue weighted by atomic mass is 79.9. The van der Waals surface area contributed by atoms with Gasteiger partial charge in [0.25, 0.3) is 5.91 Å². The van der Waals surface area contributed by atoms with Crippen LogP contribution in [0.1, 0.15) is 22.8 Å². The molecule has 1 N–H and O–H groups in total. The summed E-state index contributed by atoms with van der Waals surface area (Å²) in [7, 11) is 0. The zero-order valence-corrected chi connectivity index (χ0v) is 18.4. The lowest BCUT2D eigenvalue weighted by atomic mass is 10.2. The number of terminal acetylenes is 1. The van der Waals surface area contributed by atoms with E-state index in [9.17, 15) is 9.59 Å². The predicted octanol–water partition coefficient (Wildman–Crippen LogP) is 4.78. The van der Waals surface area contributed by atoms with E-state index in [1.54, 1.807) is 29.2 Å². The Bertz CT molecular complexity index is 1090. The molecule has 0 aromatic heterocycles. The van der Waals surface area contributed by atoms with E-state index < -0.39 is 5.97 Å². The first-order chi connectivity index (χ1) is 14.4. The largest absolute Gasteiger partial charge is 0.480 e. The minimum absolute atomic E-state index is 0.124. The average Bonchev–Trinajstić information content (AvgIpc) is 3.01. The standard InChI is InChI=1S/C22H17BrN2O4S/c1-3-11-29-18-10-7-16(23)12-15(18)13-19-20(26)25(4-2)22(30-19)24-17-8-5-14(6-9-17)21(27)28/h1,5-10,12-13H,4,11H2,2H3,(H,27,28). The first-order valence-corrected chi connectivity index (χ1v) is 10.5. The summed E-state index contributed by atoms with van der Waals surface area (Å²) in [6.07, 6.45) is 7.03. The number of benzene rings is 2. The van der Waals surface area contributed by atoms with Gasteiger partial charge in [-0.05, 0) is 67.2 Å². The molecule has 0 saturated carbocycles. The molecule has 8 heteroatoms. The predicted molar refractivity (Wildman–Crippen MR) is 122 cm³/mol. The minimum Gasteiger partial charge on any atom is -0.480 e. The van der Waals surface area contributed by atoms with Crippen molar-refractivity contribution in [3.05, 3.63) is 63.0 Å². The van der Waals surface area contributed by atoms with E-state index in [0.29, 0.717) is 28.1 Å². The van der Waals surface area contributed by atoms with Crippen LogP contribution in [0.2, 0.25) is 0 Å². The number of aliphatic imine (C=N–C) groups is 1. The number of rotatable bonds is 6. The molecule has 0 aliphatic carbocycles. The highest BCUT2D eigenvalue weighted by molar-refractivity contribution is 9.10. The molecule has 1 fully saturated rings. The number of aromatic carboxylic acids is 1. The number of amides is 1.